The van der Waals surface area contributed by atoms with E-state index in [4.69, 9.17) is 61.8 Å². The van der Waals surface area contributed by atoms with Crippen LogP contribution in [0.5, 0.6) is 0 Å². The first kappa shape index (κ1) is 54.5. The van der Waals surface area contributed by atoms with Gasteiger partial charge in [-0.2, -0.15) is 0 Å². The van der Waals surface area contributed by atoms with Gasteiger partial charge in [0.2, 0.25) is 6.29 Å². The molecule has 0 aliphatic carbocycles. The standard InChI is InChI=1S/C10H17FO3.C9H17FO.2C8H15FO2.C4H8O.CH2Cl2/c1-5-8-6(2)10(4,11)9(14-8)13-7(3)12;1-5-8-6(2)9(4,10)7(3)11-8;2*1-4-6-5(2)8(3,9)7(10)11-6;1-2-4-5-3-1;2-1-3/h6,8-9H,5H2,1-4H3;6-8H,5H2,1-4H3;2*5-7,10H,4H2,1-3H3;1-4H2;1H2/t6-,8+,9+,10?;6-,7-,8+,9?;2*5-,6+,7+,8?;;/m0000../s1. The third kappa shape index (κ3) is 15.2. The summed E-state index contributed by atoms with van der Waals surface area (Å²) in [6.07, 6.45) is 1.54. The fourth-order valence-corrected chi connectivity index (χ4v) is 6.85. The summed E-state index contributed by atoms with van der Waals surface area (Å²) >= 11 is 9.53. The zero-order chi connectivity index (χ0) is 43.1. The Morgan fingerprint density at radius 2 is 0.927 bits per heavy atom. The van der Waals surface area contributed by atoms with Crippen molar-refractivity contribution in [1.29, 1.82) is 0 Å². The maximum absolute atomic E-state index is 14.1. The van der Waals surface area contributed by atoms with Crippen LogP contribution in [0.2, 0.25) is 0 Å². The smallest absolute Gasteiger partial charge is 0.305 e. The average Bonchev–Trinajstić information content (AvgIpc) is 3.90. The number of rotatable bonds is 5. The van der Waals surface area contributed by atoms with Crippen LogP contribution < -0.4 is 0 Å². The summed E-state index contributed by atoms with van der Waals surface area (Å²) in [7, 11) is 0. The molecule has 0 saturated carbocycles. The molecule has 0 bridgehead atoms. The van der Waals surface area contributed by atoms with E-state index in [1.165, 1.54) is 40.5 Å². The van der Waals surface area contributed by atoms with Crippen LogP contribution in [0.25, 0.3) is 0 Å². The molecule has 5 fully saturated rings. The third-order valence-electron chi connectivity index (χ3n) is 12.0. The lowest BCUT2D eigenvalue weighted by atomic mass is 9.87. The molecule has 4 unspecified atom stereocenters. The van der Waals surface area contributed by atoms with E-state index in [0.29, 0.717) is 0 Å². The Kier molecular flexibility index (Phi) is 24.3. The number of hydrogen-bond acceptors (Lipinski definition) is 9. The maximum Gasteiger partial charge on any atom is 0.305 e. The lowest BCUT2D eigenvalue weighted by Crippen LogP contribution is -2.38. The predicted molar refractivity (Wildman–Crippen MR) is 209 cm³/mol. The molecule has 0 radical (unpaired) electrons. The van der Waals surface area contributed by atoms with Gasteiger partial charge in [-0.25, -0.2) is 17.6 Å². The van der Waals surface area contributed by atoms with Crippen molar-refractivity contribution in [3.05, 3.63) is 0 Å². The minimum atomic E-state index is -1.59. The quantitative estimate of drug-likeness (QED) is 0.159. The molecule has 0 amide bonds. The predicted octanol–water partition coefficient (Wildman–Crippen LogP) is 9.77. The number of aliphatic hydroxyl groups excluding tert-OH is 2. The molecule has 55 heavy (non-hydrogen) atoms. The van der Waals surface area contributed by atoms with E-state index in [0.717, 1.165) is 38.9 Å². The zero-order valence-corrected chi connectivity index (χ0v) is 37.3. The molecule has 5 heterocycles. The molecule has 5 aliphatic heterocycles. The van der Waals surface area contributed by atoms with E-state index < -0.39 is 47.5 Å². The van der Waals surface area contributed by atoms with Crippen molar-refractivity contribution in [3.63, 3.8) is 0 Å². The Morgan fingerprint density at radius 3 is 1.11 bits per heavy atom. The van der Waals surface area contributed by atoms with Crippen molar-refractivity contribution in [2.45, 2.75) is 208 Å². The number of aliphatic hydroxyl groups is 2. The van der Waals surface area contributed by atoms with Gasteiger partial charge in [-0.15, -0.1) is 23.2 Å². The van der Waals surface area contributed by atoms with E-state index in [2.05, 4.69) is 0 Å². The highest BCUT2D eigenvalue weighted by Crippen LogP contribution is 2.42. The van der Waals surface area contributed by atoms with Crippen molar-refractivity contribution in [2.75, 3.05) is 18.6 Å². The van der Waals surface area contributed by atoms with E-state index in [-0.39, 0.29) is 59.5 Å². The number of halogens is 6. The van der Waals surface area contributed by atoms with Crippen LogP contribution in [0.4, 0.5) is 17.6 Å². The SMILES string of the molecule is C1CCOC1.CC[C@H]1O[C@@H](C)C(C)(F)[C@H]1C.CC[C@H]1O[C@@H](O)C(C)(F)[C@H]1C.CC[C@H]1O[C@@H](O)C(C)(F)[C@H]1C.CC[C@H]1O[C@@H](OC(C)=O)C(C)(F)[C@H]1C.ClCCl. The van der Waals surface area contributed by atoms with Gasteiger partial charge in [-0.1, -0.05) is 55.4 Å². The van der Waals surface area contributed by atoms with Crippen LogP contribution in [0.1, 0.15) is 135 Å². The Labute approximate surface area is 339 Å². The van der Waals surface area contributed by atoms with Gasteiger partial charge in [0, 0.05) is 43.8 Å². The monoisotopic (exact) mass is 844 g/mol. The Morgan fingerprint density at radius 1 is 0.618 bits per heavy atom. The van der Waals surface area contributed by atoms with Crippen molar-refractivity contribution in [1.82, 2.24) is 0 Å². The maximum atomic E-state index is 14.1. The van der Waals surface area contributed by atoms with Crippen LogP contribution in [-0.2, 0) is 33.2 Å². The van der Waals surface area contributed by atoms with Gasteiger partial charge in [0.15, 0.2) is 29.6 Å². The molecule has 330 valence electrons. The van der Waals surface area contributed by atoms with Crippen LogP contribution in [0.15, 0.2) is 0 Å². The first-order chi connectivity index (χ1) is 25.3. The molecule has 9 nitrogen and oxygen atoms in total. The topological polar surface area (TPSA) is 113 Å². The van der Waals surface area contributed by atoms with Gasteiger partial charge in [-0.3, -0.25) is 4.79 Å². The van der Waals surface area contributed by atoms with Crippen LogP contribution in [-0.4, -0.2) is 107 Å². The van der Waals surface area contributed by atoms with Gasteiger partial charge in [0.1, 0.15) is 5.67 Å². The lowest BCUT2D eigenvalue weighted by Gasteiger charge is -2.23. The molecule has 2 N–H and O–H groups in total. The lowest BCUT2D eigenvalue weighted by molar-refractivity contribution is -0.191. The second-order valence-electron chi connectivity index (χ2n) is 15.8. The van der Waals surface area contributed by atoms with Gasteiger partial charge >= 0.3 is 5.97 Å². The summed E-state index contributed by atoms with van der Waals surface area (Å²) in [6.45, 7) is 25.9. The highest BCUT2D eigenvalue weighted by molar-refractivity contribution is 6.40. The summed E-state index contributed by atoms with van der Waals surface area (Å²) < 4.78 is 85.3. The highest BCUT2D eigenvalue weighted by atomic mass is 35.5. The number of carbonyl (C=O) groups excluding carboxylic acids is 1. The van der Waals surface area contributed by atoms with E-state index in [9.17, 15) is 22.4 Å². The van der Waals surface area contributed by atoms with Crippen LogP contribution in [0.3, 0.4) is 0 Å². The van der Waals surface area contributed by atoms with E-state index in [1.54, 1.807) is 27.7 Å². The molecule has 5 aliphatic rings. The minimum absolute atomic E-state index is 0.0301. The molecule has 15 heteroatoms. The van der Waals surface area contributed by atoms with Gasteiger partial charge < -0.3 is 38.6 Å². The fourth-order valence-electron chi connectivity index (χ4n) is 6.85. The van der Waals surface area contributed by atoms with Crippen LogP contribution >= 0.6 is 23.2 Å². The summed E-state index contributed by atoms with van der Waals surface area (Å²) in [4.78, 5) is 10.7. The van der Waals surface area contributed by atoms with Gasteiger partial charge in [0.05, 0.1) is 35.9 Å². The molecule has 16 atom stereocenters. The highest BCUT2D eigenvalue weighted by Gasteiger charge is 2.54. The normalized spacial score (nSPS) is 44.3. The second kappa shape index (κ2) is 24.5. The number of esters is 1. The molecular formula is C40H74Cl2F4O9. The molecule has 0 aromatic carbocycles. The van der Waals surface area contributed by atoms with Crippen molar-refractivity contribution in [2.24, 2.45) is 23.7 Å². The Balaban J connectivity index is 0.000000664. The van der Waals surface area contributed by atoms with Crippen molar-refractivity contribution < 1.29 is 61.0 Å². The van der Waals surface area contributed by atoms with Crippen LogP contribution in [0, 0.1) is 23.7 Å². The molecule has 5 rings (SSSR count). The summed E-state index contributed by atoms with van der Waals surface area (Å²) in [5.41, 5.74) is -5.89. The summed E-state index contributed by atoms with van der Waals surface area (Å²) in [6, 6.07) is 0. The van der Waals surface area contributed by atoms with E-state index >= 15 is 0 Å². The van der Waals surface area contributed by atoms with Crippen molar-refractivity contribution >= 4 is 29.2 Å². The first-order valence-corrected chi connectivity index (χ1v) is 21.0. The Hall–Kier alpha value is -0.510. The van der Waals surface area contributed by atoms with E-state index in [1.807, 2.05) is 41.5 Å². The number of ether oxygens (including phenoxy) is 6. The second-order valence-corrected chi connectivity index (χ2v) is 16.6. The number of hydrogen-bond donors (Lipinski definition) is 2. The number of alkyl halides is 6. The largest absolute Gasteiger partial charge is 0.432 e. The third-order valence-corrected chi connectivity index (χ3v) is 12.0. The molecule has 0 aromatic rings. The minimum Gasteiger partial charge on any atom is -0.432 e. The molecular weight excluding hydrogens is 771 g/mol. The van der Waals surface area contributed by atoms with Gasteiger partial charge in [-0.05, 0) is 73.1 Å². The first-order valence-electron chi connectivity index (χ1n) is 19.9. The Bertz CT molecular complexity index is 981. The summed E-state index contributed by atoms with van der Waals surface area (Å²) in [5.74, 6) is -1.17. The average molecular weight is 846 g/mol. The molecule has 0 spiro atoms. The number of carbonyl (C=O) groups is 1. The van der Waals surface area contributed by atoms with Gasteiger partial charge in [0.25, 0.3) is 0 Å². The molecule has 0 aromatic heterocycles. The molecule has 5 saturated heterocycles. The zero-order valence-electron chi connectivity index (χ0n) is 35.8. The summed E-state index contributed by atoms with van der Waals surface area (Å²) in [5, 5.41) is 18.5. The van der Waals surface area contributed by atoms with Crippen molar-refractivity contribution in [3.8, 4) is 0 Å². The fraction of sp³-hybridized carbons (Fsp3) is 0.975.